The molecule has 1 N–H and O–H groups in total. The number of ether oxygens (including phenoxy) is 1. The van der Waals surface area contributed by atoms with E-state index in [1.54, 1.807) is 0 Å². The van der Waals surface area contributed by atoms with Crippen LogP contribution in [0.5, 0.6) is 0 Å². The smallest absolute Gasteiger partial charge is 0.0736 e. The molecule has 7 aliphatic rings. The number of hydrogen-bond acceptors (Lipinski definition) is 2. The van der Waals surface area contributed by atoms with Crippen LogP contribution in [0.3, 0.4) is 0 Å². The molecule has 8 bridgehead atoms. The van der Waals surface area contributed by atoms with Crippen molar-refractivity contribution in [2.24, 2.45) is 35.5 Å². The maximum Gasteiger partial charge on any atom is 0.0736 e. The summed E-state index contributed by atoms with van der Waals surface area (Å²) in [4.78, 5) is 0. The molecule has 7 saturated carbocycles. The maximum absolute atomic E-state index is 11.3. The lowest BCUT2D eigenvalue weighted by Gasteiger charge is -2.75. The van der Waals surface area contributed by atoms with E-state index in [1.165, 1.54) is 32.1 Å². The zero-order valence-electron chi connectivity index (χ0n) is 11.3. The van der Waals surface area contributed by atoms with E-state index in [0.29, 0.717) is 11.8 Å². The van der Waals surface area contributed by atoms with Gasteiger partial charge in [-0.3, -0.25) is 0 Å². The second-order valence-electron chi connectivity index (χ2n) is 7.97. The molecule has 7 aliphatic carbocycles. The highest BCUT2D eigenvalue weighted by atomic mass is 16.5. The minimum atomic E-state index is -0.339. The van der Waals surface area contributed by atoms with E-state index in [9.17, 15) is 5.11 Å². The van der Waals surface area contributed by atoms with Crippen molar-refractivity contribution in [3.05, 3.63) is 0 Å². The van der Waals surface area contributed by atoms with E-state index in [4.69, 9.17) is 4.74 Å². The molecule has 2 nitrogen and oxygen atoms in total. The fourth-order valence-corrected chi connectivity index (χ4v) is 7.36. The van der Waals surface area contributed by atoms with Gasteiger partial charge in [0.05, 0.1) is 11.2 Å². The van der Waals surface area contributed by atoms with Crippen molar-refractivity contribution in [3.63, 3.8) is 0 Å². The van der Waals surface area contributed by atoms with E-state index in [-0.39, 0.29) is 11.2 Å². The zero-order chi connectivity index (χ0) is 12.1. The number of hydrogen-bond donors (Lipinski definition) is 1. The lowest BCUT2D eigenvalue weighted by atomic mass is 9.33. The molecule has 0 amide bonds. The Morgan fingerprint density at radius 1 is 1.06 bits per heavy atom. The van der Waals surface area contributed by atoms with Crippen molar-refractivity contribution in [1.29, 1.82) is 0 Å². The molecule has 18 heavy (non-hydrogen) atoms. The molecular formula is C16H24O2. The summed E-state index contributed by atoms with van der Waals surface area (Å²) >= 11 is 0. The molecule has 0 heterocycles. The van der Waals surface area contributed by atoms with Gasteiger partial charge in [0.15, 0.2) is 0 Å². The van der Waals surface area contributed by atoms with Crippen molar-refractivity contribution in [2.45, 2.75) is 56.7 Å². The van der Waals surface area contributed by atoms with Crippen LogP contribution in [0.15, 0.2) is 0 Å². The Morgan fingerprint density at radius 2 is 1.72 bits per heavy atom. The Morgan fingerprint density at radius 3 is 2.33 bits per heavy atom. The number of aliphatic hydroxyl groups is 1. The average molecular weight is 248 g/mol. The largest absolute Gasteiger partial charge is 0.389 e. The monoisotopic (exact) mass is 248 g/mol. The second-order valence-corrected chi connectivity index (χ2v) is 7.97. The quantitative estimate of drug-likeness (QED) is 0.814. The summed E-state index contributed by atoms with van der Waals surface area (Å²) < 4.78 is 6.18. The van der Waals surface area contributed by atoms with Gasteiger partial charge in [-0.2, -0.15) is 0 Å². The molecule has 0 saturated heterocycles. The Bertz CT molecular complexity index is 380. The van der Waals surface area contributed by atoms with Gasteiger partial charge in [-0.1, -0.05) is 0 Å². The molecule has 4 unspecified atom stereocenters. The van der Waals surface area contributed by atoms with Crippen LogP contribution in [0.25, 0.3) is 0 Å². The van der Waals surface area contributed by atoms with Gasteiger partial charge in [-0.25, -0.2) is 0 Å². The Kier molecular flexibility index (Phi) is 1.77. The van der Waals surface area contributed by atoms with Crippen LogP contribution >= 0.6 is 0 Å². The first kappa shape index (κ1) is 10.7. The van der Waals surface area contributed by atoms with E-state index in [0.717, 1.165) is 36.7 Å². The molecule has 0 radical (unpaired) electrons. The predicted octanol–water partition coefficient (Wildman–Crippen LogP) is 2.60. The minimum absolute atomic E-state index is 0.0620. The van der Waals surface area contributed by atoms with E-state index >= 15 is 0 Å². The molecule has 4 atom stereocenters. The van der Waals surface area contributed by atoms with Crippen molar-refractivity contribution >= 4 is 0 Å². The van der Waals surface area contributed by atoms with Crippen LogP contribution in [0.1, 0.15) is 45.4 Å². The summed E-state index contributed by atoms with van der Waals surface area (Å²) in [6.07, 6.45) is 7.59. The van der Waals surface area contributed by atoms with Gasteiger partial charge in [-0.05, 0) is 74.5 Å². The molecular weight excluding hydrogens is 224 g/mol. The third kappa shape index (κ3) is 0.987. The molecule has 7 fully saturated rings. The van der Waals surface area contributed by atoms with Crippen LogP contribution in [-0.2, 0) is 4.74 Å². The van der Waals surface area contributed by atoms with Gasteiger partial charge in [0.25, 0.3) is 0 Å². The summed E-state index contributed by atoms with van der Waals surface area (Å²) in [5.74, 6) is 4.75. The topological polar surface area (TPSA) is 29.5 Å². The van der Waals surface area contributed by atoms with Crippen molar-refractivity contribution in [2.75, 3.05) is 6.61 Å². The first-order valence-electron chi connectivity index (χ1n) is 8.01. The highest BCUT2D eigenvalue weighted by molar-refractivity contribution is 5.23. The van der Waals surface area contributed by atoms with Gasteiger partial charge in [0.1, 0.15) is 0 Å². The van der Waals surface area contributed by atoms with Gasteiger partial charge < -0.3 is 9.84 Å². The Hall–Kier alpha value is -0.0800. The molecule has 0 aliphatic heterocycles. The fraction of sp³-hybridized carbons (Fsp3) is 1.00. The molecule has 100 valence electrons. The Labute approximate surface area is 109 Å². The first-order valence-corrected chi connectivity index (χ1v) is 8.01. The van der Waals surface area contributed by atoms with Gasteiger partial charge >= 0.3 is 0 Å². The fourth-order valence-electron chi connectivity index (χ4n) is 7.36. The molecule has 0 aromatic rings. The predicted molar refractivity (Wildman–Crippen MR) is 67.9 cm³/mol. The van der Waals surface area contributed by atoms with Crippen LogP contribution in [0.2, 0.25) is 0 Å². The number of rotatable bonds is 2. The lowest BCUT2D eigenvalue weighted by Crippen LogP contribution is -2.75. The van der Waals surface area contributed by atoms with Crippen LogP contribution in [0, 0.1) is 35.5 Å². The standard InChI is InChI=1S/C16H24O2/c1-2-18-15-6-11-10-3-9-4-13(11)16(17,8-15)14(5-9)12(10)7-15/h9-14,17H,2-8H2,1H3. The van der Waals surface area contributed by atoms with Crippen molar-refractivity contribution < 1.29 is 9.84 Å². The molecule has 0 aromatic carbocycles. The normalized spacial score (nSPS) is 67.0. The summed E-state index contributed by atoms with van der Waals surface area (Å²) in [5.41, 5.74) is -0.277. The van der Waals surface area contributed by atoms with Gasteiger partial charge in [0.2, 0.25) is 0 Å². The van der Waals surface area contributed by atoms with Crippen molar-refractivity contribution in [1.82, 2.24) is 0 Å². The van der Waals surface area contributed by atoms with Gasteiger partial charge in [0, 0.05) is 13.0 Å². The highest BCUT2D eigenvalue weighted by Crippen LogP contribution is 2.73. The summed E-state index contributed by atoms with van der Waals surface area (Å²) in [6.45, 7) is 2.93. The molecule has 2 heteroatoms. The van der Waals surface area contributed by atoms with Crippen LogP contribution in [-0.4, -0.2) is 22.9 Å². The van der Waals surface area contributed by atoms with E-state index in [2.05, 4.69) is 6.92 Å². The minimum Gasteiger partial charge on any atom is -0.389 e. The van der Waals surface area contributed by atoms with Crippen LogP contribution < -0.4 is 0 Å². The lowest BCUT2D eigenvalue weighted by molar-refractivity contribution is -0.330. The summed E-state index contributed by atoms with van der Waals surface area (Å²) in [5, 5.41) is 11.3. The molecule has 0 aromatic heterocycles. The third-order valence-electron chi connectivity index (χ3n) is 7.47. The summed E-state index contributed by atoms with van der Waals surface area (Å²) in [7, 11) is 0. The maximum atomic E-state index is 11.3. The highest BCUT2D eigenvalue weighted by Gasteiger charge is 2.73. The average Bonchev–Trinajstić information content (AvgIpc) is 2.34. The van der Waals surface area contributed by atoms with Crippen LogP contribution in [0.4, 0.5) is 0 Å². The van der Waals surface area contributed by atoms with Gasteiger partial charge in [-0.15, -0.1) is 0 Å². The third-order valence-corrected chi connectivity index (χ3v) is 7.47. The van der Waals surface area contributed by atoms with E-state index < -0.39 is 0 Å². The summed E-state index contributed by atoms with van der Waals surface area (Å²) in [6, 6.07) is 0. The molecule has 7 rings (SSSR count). The first-order chi connectivity index (χ1) is 8.65. The second kappa shape index (κ2) is 2.98. The Balaban J connectivity index is 1.63. The van der Waals surface area contributed by atoms with E-state index in [1.807, 2.05) is 0 Å². The SMILES string of the molecule is CCOC12CC3C4CC5CC3C(O)(C1)C(C5)C4C2. The van der Waals surface area contributed by atoms with Crippen molar-refractivity contribution in [3.8, 4) is 0 Å². The molecule has 0 spiro atoms. The zero-order valence-corrected chi connectivity index (χ0v) is 11.3.